The molecule has 84 valence electrons. The van der Waals surface area contributed by atoms with E-state index in [1.54, 1.807) is 0 Å². The van der Waals surface area contributed by atoms with Crippen LogP contribution in [0.4, 0.5) is 0 Å². The van der Waals surface area contributed by atoms with Gasteiger partial charge < -0.3 is 14.6 Å². The van der Waals surface area contributed by atoms with Crippen LogP contribution in [0, 0.1) is 0 Å². The minimum absolute atomic E-state index is 0.0569. The predicted molar refractivity (Wildman–Crippen MR) is 54.5 cm³/mol. The van der Waals surface area contributed by atoms with Crippen molar-refractivity contribution in [2.24, 2.45) is 0 Å². The Morgan fingerprint density at radius 3 is 2.73 bits per heavy atom. The van der Waals surface area contributed by atoms with Gasteiger partial charge in [-0.2, -0.15) is 4.98 Å². The van der Waals surface area contributed by atoms with E-state index in [-0.39, 0.29) is 11.5 Å². The summed E-state index contributed by atoms with van der Waals surface area (Å²) >= 11 is 0. The topological polar surface area (TPSA) is 60.2 Å². The third-order valence-electron chi connectivity index (χ3n) is 2.53. The SMILES string of the molecule is CC(C)c1nc(COC2(C)CNC2)no1. The number of hydrogen-bond acceptors (Lipinski definition) is 5. The first kappa shape index (κ1) is 10.6. The van der Waals surface area contributed by atoms with E-state index < -0.39 is 0 Å². The lowest BCUT2D eigenvalue weighted by Gasteiger charge is -2.38. The quantitative estimate of drug-likeness (QED) is 0.807. The minimum Gasteiger partial charge on any atom is -0.365 e. The molecule has 1 N–H and O–H groups in total. The molecule has 5 heteroatoms. The number of ether oxygens (including phenoxy) is 1. The summed E-state index contributed by atoms with van der Waals surface area (Å²) in [7, 11) is 0. The van der Waals surface area contributed by atoms with Gasteiger partial charge in [0.2, 0.25) is 5.89 Å². The van der Waals surface area contributed by atoms with Gasteiger partial charge in [-0.15, -0.1) is 0 Å². The highest BCUT2D eigenvalue weighted by molar-refractivity contribution is 4.93. The summed E-state index contributed by atoms with van der Waals surface area (Å²) in [5, 5.41) is 7.04. The monoisotopic (exact) mass is 211 g/mol. The molecule has 5 nitrogen and oxygen atoms in total. The maximum absolute atomic E-state index is 5.70. The van der Waals surface area contributed by atoms with Crippen molar-refractivity contribution in [3.05, 3.63) is 11.7 Å². The fourth-order valence-electron chi connectivity index (χ4n) is 1.38. The van der Waals surface area contributed by atoms with Crippen LogP contribution in [0.3, 0.4) is 0 Å². The number of hydrogen-bond donors (Lipinski definition) is 1. The molecule has 0 aromatic carbocycles. The van der Waals surface area contributed by atoms with E-state index in [9.17, 15) is 0 Å². The van der Waals surface area contributed by atoms with Crippen LogP contribution in [0.15, 0.2) is 4.52 Å². The molecule has 1 saturated heterocycles. The average Bonchev–Trinajstić information content (AvgIpc) is 2.60. The summed E-state index contributed by atoms with van der Waals surface area (Å²) in [5.74, 6) is 1.57. The van der Waals surface area contributed by atoms with Crippen molar-refractivity contribution in [2.45, 2.75) is 38.9 Å². The number of nitrogens with one attached hydrogen (secondary N) is 1. The number of nitrogens with zero attached hydrogens (tertiary/aromatic N) is 2. The molecule has 1 aliphatic heterocycles. The first-order valence-corrected chi connectivity index (χ1v) is 5.26. The molecule has 15 heavy (non-hydrogen) atoms. The molecule has 0 amide bonds. The second-order valence-electron chi connectivity index (χ2n) is 4.55. The summed E-state index contributed by atoms with van der Waals surface area (Å²) in [6.07, 6.45) is 0. The van der Waals surface area contributed by atoms with Gasteiger partial charge in [0, 0.05) is 19.0 Å². The van der Waals surface area contributed by atoms with Crippen LogP contribution in [-0.4, -0.2) is 28.8 Å². The average molecular weight is 211 g/mol. The minimum atomic E-state index is -0.0569. The maximum Gasteiger partial charge on any atom is 0.229 e. The zero-order valence-corrected chi connectivity index (χ0v) is 9.41. The van der Waals surface area contributed by atoms with Crippen molar-refractivity contribution < 1.29 is 9.26 Å². The molecule has 2 rings (SSSR count). The zero-order valence-electron chi connectivity index (χ0n) is 9.41. The van der Waals surface area contributed by atoms with Crippen LogP contribution in [0.1, 0.15) is 38.4 Å². The highest BCUT2D eigenvalue weighted by Gasteiger charge is 2.32. The van der Waals surface area contributed by atoms with E-state index in [1.807, 2.05) is 13.8 Å². The lowest BCUT2D eigenvalue weighted by atomic mass is 10.0. The Balaban J connectivity index is 1.88. The normalized spacial score (nSPS) is 19.2. The summed E-state index contributed by atoms with van der Waals surface area (Å²) in [6, 6.07) is 0. The van der Waals surface area contributed by atoms with E-state index >= 15 is 0 Å². The Kier molecular flexibility index (Phi) is 2.75. The van der Waals surface area contributed by atoms with Crippen molar-refractivity contribution in [1.29, 1.82) is 0 Å². The van der Waals surface area contributed by atoms with Gasteiger partial charge in [0.15, 0.2) is 5.82 Å². The van der Waals surface area contributed by atoms with Gasteiger partial charge in [0.05, 0.1) is 5.60 Å². The Hall–Kier alpha value is -0.940. The molecule has 0 atom stereocenters. The van der Waals surface area contributed by atoms with E-state index in [4.69, 9.17) is 9.26 Å². The van der Waals surface area contributed by atoms with Crippen molar-refractivity contribution in [2.75, 3.05) is 13.1 Å². The van der Waals surface area contributed by atoms with Crippen LogP contribution in [0.25, 0.3) is 0 Å². The molecule has 1 aliphatic rings. The molecule has 1 fully saturated rings. The van der Waals surface area contributed by atoms with Gasteiger partial charge in [-0.1, -0.05) is 19.0 Å². The smallest absolute Gasteiger partial charge is 0.229 e. The highest BCUT2D eigenvalue weighted by Crippen LogP contribution is 2.18. The van der Waals surface area contributed by atoms with Crippen LogP contribution in [0.5, 0.6) is 0 Å². The second-order valence-corrected chi connectivity index (χ2v) is 4.55. The van der Waals surface area contributed by atoms with Gasteiger partial charge in [0.1, 0.15) is 6.61 Å². The van der Waals surface area contributed by atoms with Crippen LogP contribution in [-0.2, 0) is 11.3 Å². The molecule has 2 heterocycles. The number of rotatable bonds is 4. The molecule has 0 unspecified atom stereocenters. The molecule has 1 aromatic heterocycles. The lowest BCUT2D eigenvalue weighted by molar-refractivity contribution is -0.0793. The van der Waals surface area contributed by atoms with Crippen molar-refractivity contribution in [3.8, 4) is 0 Å². The van der Waals surface area contributed by atoms with Gasteiger partial charge in [0.25, 0.3) is 0 Å². The van der Waals surface area contributed by atoms with Crippen molar-refractivity contribution in [1.82, 2.24) is 15.5 Å². The molecule has 0 spiro atoms. The molecule has 0 saturated carbocycles. The van der Waals surface area contributed by atoms with E-state index in [0.717, 1.165) is 13.1 Å². The summed E-state index contributed by atoms with van der Waals surface area (Å²) in [5.41, 5.74) is -0.0569. The van der Waals surface area contributed by atoms with Crippen molar-refractivity contribution >= 4 is 0 Å². The number of aromatic nitrogens is 2. The fourth-order valence-corrected chi connectivity index (χ4v) is 1.38. The first-order valence-electron chi connectivity index (χ1n) is 5.26. The molecule has 1 aromatic rings. The van der Waals surface area contributed by atoms with E-state index in [1.165, 1.54) is 0 Å². The van der Waals surface area contributed by atoms with E-state index in [0.29, 0.717) is 18.3 Å². The summed E-state index contributed by atoms with van der Waals surface area (Å²) in [6.45, 7) is 8.33. The predicted octanol–water partition coefficient (Wildman–Crippen LogP) is 1.07. The Labute approximate surface area is 89.2 Å². The van der Waals surface area contributed by atoms with Crippen LogP contribution in [0.2, 0.25) is 0 Å². The second kappa shape index (κ2) is 3.90. The maximum atomic E-state index is 5.70. The largest absolute Gasteiger partial charge is 0.365 e. The van der Waals surface area contributed by atoms with Crippen molar-refractivity contribution in [3.63, 3.8) is 0 Å². The lowest BCUT2D eigenvalue weighted by Crippen LogP contribution is -2.58. The third-order valence-corrected chi connectivity index (χ3v) is 2.53. The Morgan fingerprint density at radius 2 is 2.27 bits per heavy atom. The molecule has 0 bridgehead atoms. The molecule has 0 aliphatic carbocycles. The van der Waals surface area contributed by atoms with Crippen LogP contribution < -0.4 is 5.32 Å². The third kappa shape index (κ3) is 2.35. The van der Waals surface area contributed by atoms with Gasteiger partial charge in [-0.05, 0) is 6.92 Å². The Morgan fingerprint density at radius 1 is 1.53 bits per heavy atom. The van der Waals surface area contributed by atoms with Crippen LogP contribution >= 0.6 is 0 Å². The first-order chi connectivity index (χ1) is 7.09. The highest BCUT2D eigenvalue weighted by atomic mass is 16.5. The fraction of sp³-hybridized carbons (Fsp3) is 0.800. The van der Waals surface area contributed by atoms with Gasteiger partial charge in [-0.3, -0.25) is 0 Å². The van der Waals surface area contributed by atoms with Gasteiger partial charge in [-0.25, -0.2) is 0 Å². The summed E-state index contributed by atoms with van der Waals surface area (Å²) < 4.78 is 10.8. The standard InChI is InChI=1S/C10H17N3O2/c1-7(2)9-12-8(13-15-9)4-14-10(3)5-11-6-10/h7,11H,4-6H2,1-3H3. The van der Waals surface area contributed by atoms with Gasteiger partial charge >= 0.3 is 0 Å². The molecular weight excluding hydrogens is 194 g/mol. The van der Waals surface area contributed by atoms with E-state index in [2.05, 4.69) is 22.4 Å². The zero-order chi connectivity index (χ0) is 10.9. The molecule has 0 radical (unpaired) electrons. The molecular formula is C10H17N3O2. The Bertz CT molecular complexity index is 331. The summed E-state index contributed by atoms with van der Waals surface area (Å²) in [4.78, 5) is 4.25.